The molecular weight excluding hydrogens is 290 g/mol. The van der Waals surface area contributed by atoms with Gasteiger partial charge >= 0.3 is 0 Å². The molecule has 1 aliphatic rings. The van der Waals surface area contributed by atoms with E-state index in [4.69, 9.17) is 4.52 Å². The second kappa shape index (κ2) is 6.31. The highest BCUT2D eigenvalue weighted by Crippen LogP contribution is 2.21. The summed E-state index contributed by atoms with van der Waals surface area (Å²) in [6.07, 6.45) is 4.83. The number of nitrogens with one attached hydrogen (secondary N) is 2. The van der Waals surface area contributed by atoms with Gasteiger partial charge in [0.05, 0.1) is 12.6 Å². The van der Waals surface area contributed by atoms with Gasteiger partial charge in [-0.3, -0.25) is 4.79 Å². The van der Waals surface area contributed by atoms with Crippen LogP contribution in [0.1, 0.15) is 52.2 Å². The molecule has 0 radical (unpaired) electrons. The Morgan fingerprint density at radius 1 is 1.62 bits per heavy atom. The normalized spacial score (nSPS) is 18.0. The number of carbonyl (C=O) groups excluding carboxylic acids is 1. The van der Waals surface area contributed by atoms with Crippen LogP contribution in [0.15, 0.2) is 10.7 Å². The molecular formula is C13H17N5O2S. The molecule has 1 fully saturated rings. The molecule has 7 nitrogen and oxygen atoms in total. The lowest BCUT2D eigenvalue weighted by Crippen LogP contribution is -2.24. The van der Waals surface area contributed by atoms with Gasteiger partial charge in [-0.05, 0) is 25.8 Å². The molecule has 3 heterocycles. The van der Waals surface area contributed by atoms with Gasteiger partial charge in [-0.25, -0.2) is 4.98 Å². The maximum atomic E-state index is 12.0. The van der Waals surface area contributed by atoms with Crippen LogP contribution in [0.25, 0.3) is 0 Å². The zero-order valence-corrected chi connectivity index (χ0v) is 12.6. The lowest BCUT2D eigenvalue weighted by atomic mass is 10.2. The Labute approximate surface area is 126 Å². The van der Waals surface area contributed by atoms with Crippen molar-refractivity contribution < 1.29 is 9.32 Å². The fraction of sp³-hybridized carbons (Fsp3) is 0.538. The summed E-state index contributed by atoms with van der Waals surface area (Å²) in [6, 6.07) is 0.0742. The molecule has 0 bridgehead atoms. The first-order valence-corrected chi connectivity index (χ1v) is 7.86. The summed E-state index contributed by atoms with van der Waals surface area (Å²) in [5.41, 5.74) is 0. The van der Waals surface area contributed by atoms with Crippen molar-refractivity contribution in [2.75, 3.05) is 6.54 Å². The fourth-order valence-corrected chi connectivity index (χ4v) is 2.99. The Balaban J connectivity index is 1.57. The van der Waals surface area contributed by atoms with Crippen LogP contribution in [0, 0.1) is 0 Å². The van der Waals surface area contributed by atoms with Crippen molar-refractivity contribution in [3.8, 4) is 0 Å². The van der Waals surface area contributed by atoms with Crippen LogP contribution in [0.4, 0.5) is 0 Å². The predicted octanol–water partition coefficient (Wildman–Crippen LogP) is 1.44. The molecule has 2 N–H and O–H groups in total. The number of amides is 1. The minimum absolute atomic E-state index is 0.0742. The fourth-order valence-electron chi connectivity index (χ4n) is 2.19. The van der Waals surface area contributed by atoms with E-state index in [9.17, 15) is 4.79 Å². The van der Waals surface area contributed by atoms with Crippen LogP contribution in [0.2, 0.25) is 0 Å². The number of thiazole rings is 1. The van der Waals surface area contributed by atoms with Crippen LogP contribution in [0.5, 0.6) is 0 Å². The number of hydrogen-bond donors (Lipinski definition) is 2. The number of rotatable bonds is 5. The first kappa shape index (κ1) is 14.2. The summed E-state index contributed by atoms with van der Waals surface area (Å²) < 4.78 is 5.15. The van der Waals surface area contributed by atoms with Gasteiger partial charge in [0, 0.05) is 11.1 Å². The molecule has 1 amide bonds. The molecule has 1 aliphatic heterocycles. The second-order valence-corrected chi connectivity index (χ2v) is 6.06. The van der Waals surface area contributed by atoms with E-state index in [0.717, 1.165) is 30.8 Å². The zero-order valence-electron chi connectivity index (χ0n) is 11.8. The number of hydrogen-bond acceptors (Lipinski definition) is 7. The predicted molar refractivity (Wildman–Crippen MR) is 76.9 cm³/mol. The summed E-state index contributed by atoms with van der Waals surface area (Å²) in [5, 5.41) is 10.6. The summed E-state index contributed by atoms with van der Waals surface area (Å²) in [7, 11) is 0. The highest BCUT2D eigenvalue weighted by atomic mass is 32.1. The summed E-state index contributed by atoms with van der Waals surface area (Å²) >= 11 is 1.60. The maximum absolute atomic E-state index is 12.0. The quantitative estimate of drug-likeness (QED) is 0.868. The van der Waals surface area contributed by atoms with E-state index in [1.54, 1.807) is 11.3 Å². The Morgan fingerprint density at radius 2 is 2.52 bits per heavy atom. The van der Waals surface area contributed by atoms with Gasteiger partial charge in [-0.15, -0.1) is 11.3 Å². The lowest BCUT2D eigenvalue weighted by Gasteiger charge is -2.01. The van der Waals surface area contributed by atoms with Crippen molar-refractivity contribution in [1.82, 2.24) is 25.8 Å². The first-order valence-electron chi connectivity index (χ1n) is 7.05. The van der Waals surface area contributed by atoms with Gasteiger partial charge < -0.3 is 15.2 Å². The van der Waals surface area contributed by atoms with E-state index < -0.39 is 0 Å². The largest absolute Gasteiger partial charge is 0.343 e. The third-order valence-electron chi connectivity index (χ3n) is 3.35. The van der Waals surface area contributed by atoms with Gasteiger partial charge in [0.2, 0.25) is 5.89 Å². The van der Waals surface area contributed by atoms with E-state index in [2.05, 4.69) is 32.7 Å². The van der Waals surface area contributed by atoms with Crippen molar-refractivity contribution >= 4 is 17.2 Å². The number of aryl methyl sites for hydroxylation is 1. The molecule has 3 rings (SSSR count). The van der Waals surface area contributed by atoms with Gasteiger partial charge in [-0.2, -0.15) is 4.98 Å². The number of carbonyl (C=O) groups is 1. The van der Waals surface area contributed by atoms with Gasteiger partial charge in [0.25, 0.3) is 11.7 Å². The third kappa shape index (κ3) is 3.27. The van der Waals surface area contributed by atoms with Gasteiger partial charge in [0.15, 0.2) is 0 Å². The van der Waals surface area contributed by atoms with Crippen LogP contribution >= 0.6 is 11.3 Å². The van der Waals surface area contributed by atoms with E-state index in [1.807, 2.05) is 6.20 Å². The van der Waals surface area contributed by atoms with E-state index in [0.29, 0.717) is 12.4 Å². The van der Waals surface area contributed by atoms with E-state index in [-0.39, 0.29) is 17.8 Å². The number of aromatic nitrogens is 3. The topological polar surface area (TPSA) is 92.9 Å². The van der Waals surface area contributed by atoms with E-state index in [1.165, 1.54) is 4.88 Å². The maximum Gasteiger partial charge on any atom is 0.293 e. The standard InChI is InChI=1S/C13H17N5O2S/c1-2-8-6-15-10(21-8)7-16-12(19)11-17-13(20-18-11)9-4-3-5-14-9/h6,9,14H,2-5,7H2,1H3,(H,16,19). The molecule has 21 heavy (non-hydrogen) atoms. The highest BCUT2D eigenvalue weighted by molar-refractivity contribution is 7.11. The van der Waals surface area contributed by atoms with Gasteiger partial charge in [-0.1, -0.05) is 12.1 Å². The molecule has 0 aliphatic carbocycles. The molecule has 112 valence electrons. The lowest BCUT2D eigenvalue weighted by molar-refractivity contribution is 0.0937. The molecule has 8 heteroatoms. The Hall–Kier alpha value is -1.80. The van der Waals surface area contributed by atoms with Crippen LogP contribution in [-0.2, 0) is 13.0 Å². The first-order chi connectivity index (χ1) is 10.3. The minimum atomic E-state index is -0.337. The molecule has 2 aromatic heterocycles. The second-order valence-electron chi connectivity index (χ2n) is 4.86. The Kier molecular flexibility index (Phi) is 4.26. The molecule has 0 saturated carbocycles. The van der Waals surface area contributed by atoms with E-state index >= 15 is 0 Å². The van der Waals surface area contributed by atoms with Crippen molar-refractivity contribution in [3.63, 3.8) is 0 Å². The molecule has 2 aromatic rings. The van der Waals surface area contributed by atoms with Crippen molar-refractivity contribution in [3.05, 3.63) is 27.8 Å². The average molecular weight is 307 g/mol. The minimum Gasteiger partial charge on any atom is -0.343 e. The van der Waals surface area contributed by atoms with Crippen molar-refractivity contribution in [1.29, 1.82) is 0 Å². The zero-order chi connectivity index (χ0) is 14.7. The summed E-state index contributed by atoms with van der Waals surface area (Å²) in [6.45, 7) is 3.40. The Morgan fingerprint density at radius 3 is 3.24 bits per heavy atom. The van der Waals surface area contributed by atoms with Crippen LogP contribution < -0.4 is 10.6 Å². The smallest absolute Gasteiger partial charge is 0.293 e. The molecule has 1 unspecified atom stereocenters. The monoisotopic (exact) mass is 307 g/mol. The van der Waals surface area contributed by atoms with Crippen molar-refractivity contribution in [2.24, 2.45) is 0 Å². The summed E-state index contributed by atoms with van der Waals surface area (Å²) in [5.74, 6) is 0.224. The van der Waals surface area contributed by atoms with Crippen LogP contribution in [-0.4, -0.2) is 27.6 Å². The van der Waals surface area contributed by atoms with Gasteiger partial charge in [0.1, 0.15) is 5.01 Å². The molecule has 1 atom stereocenters. The molecule has 0 spiro atoms. The summed E-state index contributed by atoms with van der Waals surface area (Å²) in [4.78, 5) is 21.6. The highest BCUT2D eigenvalue weighted by Gasteiger charge is 2.24. The SMILES string of the molecule is CCc1cnc(CNC(=O)c2noc(C3CCCN3)n2)s1. The van der Waals surface area contributed by atoms with Crippen LogP contribution in [0.3, 0.4) is 0 Å². The Bertz CT molecular complexity index is 618. The number of nitrogens with zero attached hydrogens (tertiary/aromatic N) is 3. The molecule has 1 saturated heterocycles. The third-order valence-corrected chi connectivity index (χ3v) is 4.49. The average Bonchev–Trinajstić information content (AvgIpc) is 3.24. The van der Waals surface area contributed by atoms with Crippen molar-refractivity contribution in [2.45, 2.75) is 38.8 Å². The molecule has 0 aromatic carbocycles.